The van der Waals surface area contributed by atoms with Crippen molar-refractivity contribution in [1.82, 2.24) is 14.5 Å². The molecule has 0 atom stereocenters. The summed E-state index contributed by atoms with van der Waals surface area (Å²) in [5, 5.41) is 15.0. The molecule has 0 bridgehead atoms. The molecule has 0 aliphatic heterocycles. The summed E-state index contributed by atoms with van der Waals surface area (Å²) in [6.07, 6.45) is 1.86. The minimum atomic E-state index is -0.301. The van der Waals surface area contributed by atoms with Crippen LogP contribution in [-0.2, 0) is 11.3 Å². The largest absolute Gasteiger partial charge is 0.378 e. The quantitative estimate of drug-likeness (QED) is 0.251. The number of aromatic amines is 1. The predicted octanol–water partition coefficient (Wildman–Crippen LogP) is 4.95. The Morgan fingerprint density at radius 2 is 1.78 bits per heavy atom. The highest BCUT2D eigenvalue weighted by Crippen LogP contribution is 2.31. The van der Waals surface area contributed by atoms with Gasteiger partial charge in [0.15, 0.2) is 0 Å². The first-order chi connectivity index (χ1) is 17.7. The second-order valence-corrected chi connectivity index (χ2v) is 9.12. The summed E-state index contributed by atoms with van der Waals surface area (Å²) >= 11 is 0. The topological polar surface area (TPSA) is 146 Å². The van der Waals surface area contributed by atoms with Crippen LogP contribution >= 0.6 is 0 Å². The maximum atomic E-state index is 12.9. The first-order valence-corrected chi connectivity index (χ1v) is 11.9. The third-order valence-electron chi connectivity index (χ3n) is 5.75. The van der Waals surface area contributed by atoms with Gasteiger partial charge in [0, 0.05) is 45.5 Å². The minimum Gasteiger partial charge on any atom is -0.378 e. The summed E-state index contributed by atoms with van der Waals surface area (Å²) < 4.78 is 1.92. The van der Waals surface area contributed by atoms with Gasteiger partial charge in [0.25, 0.3) is 5.56 Å². The van der Waals surface area contributed by atoms with Gasteiger partial charge in [-0.25, -0.2) is 0 Å². The number of anilines is 4. The number of H-pyrrole nitrogens is 1. The highest BCUT2D eigenvalue weighted by molar-refractivity contribution is 5.94. The summed E-state index contributed by atoms with van der Waals surface area (Å²) in [5.74, 6) is -0.0161. The Morgan fingerprint density at radius 1 is 1.11 bits per heavy atom. The van der Waals surface area contributed by atoms with Crippen molar-refractivity contribution in [2.75, 3.05) is 29.6 Å². The molecule has 11 nitrogen and oxygen atoms in total. The van der Waals surface area contributed by atoms with Gasteiger partial charge >= 0.3 is 0 Å². The molecule has 5 N–H and O–H groups in total. The van der Waals surface area contributed by atoms with Gasteiger partial charge in [-0.05, 0) is 61.9 Å². The average Bonchev–Trinajstić information content (AvgIpc) is 3.23. The van der Waals surface area contributed by atoms with Gasteiger partial charge < -0.3 is 25.8 Å². The number of aromatic nitrogens is 3. The van der Waals surface area contributed by atoms with E-state index in [1.165, 1.54) is 6.92 Å². The molecular formula is C26H31N9O2. The lowest BCUT2D eigenvalue weighted by Gasteiger charge is -2.13. The zero-order valence-electron chi connectivity index (χ0n) is 21.5. The number of nitrogens with two attached hydrogens (primary N) is 1. The lowest BCUT2D eigenvalue weighted by molar-refractivity contribution is -0.114. The first kappa shape index (κ1) is 25.6. The van der Waals surface area contributed by atoms with E-state index in [2.05, 4.69) is 30.8 Å². The Kier molecular flexibility index (Phi) is 7.35. The molecule has 2 aromatic heterocycles. The Labute approximate surface area is 214 Å². The monoisotopic (exact) mass is 501 g/mol. The van der Waals surface area contributed by atoms with Gasteiger partial charge in [0.05, 0.1) is 28.1 Å². The van der Waals surface area contributed by atoms with E-state index >= 15 is 0 Å². The zero-order chi connectivity index (χ0) is 26.7. The number of nitrogens with zero attached hydrogens (tertiary/aromatic N) is 5. The minimum absolute atomic E-state index is 0.0791. The van der Waals surface area contributed by atoms with Gasteiger partial charge in [0.2, 0.25) is 11.9 Å². The van der Waals surface area contributed by atoms with E-state index in [0.29, 0.717) is 33.8 Å². The van der Waals surface area contributed by atoms with Crippen molar-refractivity contribution in [3.8, 4) is 0 Å². The zero-order valence-corrected chi connectivity index (χ0v) is 21.5. The molecule has 192 valence electrons. The maximum Gasteiger partial charge on any atom is 0.262 e. The van der Waals surface area contributed by atoms with Crippen LogP contribution in [0.5, 0.6) is 0 Å². The number of nitrogens with one attached hydrogen (secondary N) is 3. The maximum absolute atomic E-state index is 12.9. The molecule has 1 amide bonds. The van der Waals surface area contributed by atoms with Gasteiger partial charge in [-0.2, -0.15) is 15.2 Å². The molecule has 0 saturated heterocycles. The molecular weight excluding hydrogens is 470 g/mol. The van der Waals surface area contributed by atoms with Crippen LogP contribution in [0.25, 0.3) is 11.0 Å². The number of carbonyl (C=O) groups is 1. The molecule has 4 rings (SSSR count). The molecule has 2 aromatic carbocycles. The van der Waals surface area contributed by atoms with Gasteiger partial charge in [-0.3, -0.25) is 14.6 Å². The Bertz CT molecular complexity index is 1520. The molecule has 4 aromatic rings. The number of fused-ring (bicyclic) bond motifs is 1. The molecule has 2 heterocycles. The van der Waals surface area contributed by atoms with Crippen molar-refractivity contribution in [2.24, 2.45) is 16.0 Å². The fourth-order valence-corrected chi connectivity index (χ4v) is 3.90. The van der Waals surface area contributed by atoms with E-state index in [4.69, 9.17) is 5.73 Å². The summed E-state index contributed by atoms with van der Waals surface area (Å²) in [6, 6.07) is 12.9. The molecule has 11 heteroatoms. The van der Waals surface area contributed by atoms with Crippen LogP contribution in [0, 0.1) is 0 Å². The molecule has 0 spiro atoms. The molecule has 37 heavy (non-hydrogen) atoms. The van der Waals surface area contributed by atoms with E-state index < -0.39 is 0 Å². The van der Waals surface area contributed by atoms with Crippen LogP contribution in [-0.4, -0.2) is 34.5 Å². The van der Waals surface area contributed by atoms with Crippen molar-refractivity contribution >= 4 is 51.3 Å². The van der Waals surface area contributed by atoms with Crippen LogP contribution in [0.2, 0.25) is 0 Å². The van der Waals surface area contributed by atoms with E-state index in [1.807, 2.05) is 67.9 Å². The van der Waals surface area contributed by atoms with Crippen LogP contribution in [0.1, 0.15) is 32.4 Å². The average molecular weight is 502 g/mol. The van der Waals surface area contributed by atoms with Crippen molar-refractivity contribution in [1.29, 1.82) is 0 Å². The lowest BCUT2D eigenvalue weighted by Crippen LogP contribution is -2.14. The summed E-state index contributed by atoms with van der Waals surface area (Å²) in [7, 11) is 3.94. The van der Waals surface area contributed by atoms with Crippen molar-refractivity contribution < 1.29 is 4.79 Å². The van der Waals surface area contributed by atoms with E-state index in [9.17, 15) is 9.59 Å². The third-order valence-corrected chi connectivity index (χ3v) is 5.75. The van der Waals surface area contributed by atoms with E-state index in [-0.39, 0.29) is 30.0 Å². The summed E-state index contributed by atoms with van der Waals surface area (Å²) in [5.41, 5.74) is 10.1. The second kappa shape index (κ2) is 10.6. The fraction of sp³-hybridized carbons (Fsp3) is 0.269. The molecule has 0 radical (unpaired) electrons. The Morgan fingerprint density at radius 3 is 2.41 bits per heavy atom. The van der Waals surface area contributed by atoms with Gasteiger partial charge in [-0.15, -0.1) is 0 Å². The highest BCUT2D eigenvalue weighted by Gasteiger charge is 2.17. The normalized spacial score (nSPS) is 11.4. The van der Waals surface area contributed by atoms with Crippen molar-refractivity contribution in [3.05, 3.63) is 64.6 Å². The Hall–Kier alpha value is -4.51. The number of benzene rings is 2. The lowest BCUT2D eigenvalue weighted by atomic mass is 10.2. The highest BCUT2D eigenvalue weighted by atomic mass is 16.1. The summed E-state index contributed by atoms with van der Waals surface area (Å²) in [6.45, 7) is 5.66. The van der Waals surface area contributed by atoms with Crippen molar-refractivity contribution in [3.63, 3.8) is 0 Å². The first-order valence-electron chi connectivity index (χ1n) is 11.9. The molecule has 0 aliphatic rings. The number of hydrogen-bond donors (Lipinski definition) is 4. The second-order valence-electron chi connectivity index (χ2n) is 9.12. The predicted molar refractivity (Wildman–Crippen MR) is 148 cm³/mol. The molecule has 0 saturated carbocycles. The number of carbonyl (C=O) groups excluding carboxylic acids is 1. The van der Waals surface area contributed by atoms with Crippen LogP contribution in [0.4, 0.5) is 34.4 Å². The number of hydrogen-bond acceptors (Lipinski definition) is 8. The summed E-state index contributed by atoms with van der Waals surface area (Å²) in [4.78, 5) is 34.2. The molecule has 0 aliphatic carbocycles. The van der Waals surface area contributed by atoms with E-state index in [1.54, 1.807) is 18.2 Å². The Balaban J connectivity index is 1.70. The van der Waals surface area contributed by atoms with Crippen molar-refractivity contribution in [2.45, 2.75) is 33.4 Å². The van der Waals surface area contributed by atoms with Crippen LogP contribution in [0.15, 0.2) is 63.7 Å². The number of rotatable bonds is 8. The molecule has 0 unspecified atom stereocenters. The third kappa shape index (κ3) is 5.67. The van der Waals surface area contributed by atoms with Crippen LogP contribution < -0.4 is 26.8 Å². The number of amides is 1. The van der Waals surface area contributed by atoms with Gasteiger partial charge in [-0.1, -0.05) is 0 Å². The molecule has 0 fully saturated rings. The fourth-order valence-electron chi connectivity index (χ4n) is 3.90. The van der Waals surface area contributed by atoms with Crippen LogP contribution in [0.3, 0.4) is 0 Å². The van der Waals surface area contributed by atoms with Gasteiger partial charge in [0.1, 0.15) is 5.65 Å². The van der Waals surface area contributed by atoms with E-state index in [0.717, 1.165) is 11.3 Å². The SMILES string of the molecule is CC(=O)Nc1ccc(N=Nc2ccc(N(C)C)cc2)cc1Nc1nc2c(c(CN)cn2C(C)C)c(=O)[nH]1. The number of azo groups is 1. The smallest absolute Gasteiger partial charge is 0.262 e. The standard InChI is InChI=1S/C26H31N9O2/c1-15(2)35-14-17(13-27)23-24(35)30-26(31-25(23)37)29-22-12-19(8-11-21(22)28-16(3)36)33-32-18-6-9-20(10-7-18)34(4)5/h6-12,14-15H,13,27H2,1-5H3,(H,28,36)(H2,29,30,31,37).